The molecular weight excluding hydrogens is 190 g/mol. The van der Waals surface area contributed by atoms with Crippen LogP contribution in [0.4, 0.5) is 5.69 Å². The van der Waals surface area contributed by atoms with Crippen LogP contribution in [0.3, 0.4) is 0 Å². The summed E-state index contributed by atoms with van der Waals surface area (Å²) in [5, 5.41) is 2.67. The molecule has 0 aliphatic rings. The average Bonchev–Trinajstić information content (AvgIpc) is 2.20. The first-order chi connectivity index (χ1) is 7.11. The Morgan fingerprint density at radius 2 is 1.80 bits per heavy atom. The van der Waals surface area contributed by atoms with Crippen LogP contribution in [0.2, 0.25) is 0 Å². The Balaban J connectivity index is 2.81. The zero-order chi connectivity index (χ0) is 11.3. The van der Waals surface area contributed by atoms with Crippen molar-refractivity contribution in [2.45, 2.75) is 13.8 Å². The maximum absolute atomic E-state index is 10.8. The highest BCUT2D eigenvalue weighted by atomic mass is 16.1. The molecule has 0 radical (unpaired) electrons. The number of allylic oxidation sites excluding steroid dienone is 1. The highest BCUT2D eigenvalue weighted by molar-refractivity contribution is 5.88. The molecule has 1 N–H and O–H groups in total. The molecule has 0 aliphatic heterocycles. The van der Waals surface area contributed by atoms with E-state index in [-0.39, 0.29) is 5.91 Å². The first kappa shape index (κ1) is 11.2. The van der Waals surface area contributed by atoms with E-state index in [4.69, 9.17) is 0 Å². The predicted octanol–water partition coefficient (Wildman–Crippen LogP) is 2.25. The van der Waals surface area contributed by atoms with Gasteiger partial charge in [-0.1, -0.05) is 12.1 Å². The number of carbonyl (C=O) groups is 2. The number of amides is 1. The van der Waals surface area contributed by atoms with Gasteiger partial charge in [0.15, 0.2) is 0 Å². The Morgan fingerprint density at radius 3 is 2.27 bits per heavy atom. The fraction of sp³-hybridized carbons (Fsp3) is 0.167. The van der Waals surface area contributed by atoms with Crippen molar-refractivity contribution in [3.05, 3.63) is 35.4 Å². The van der Waals surface area contributed by atoms with E-state index in [0.29, 0.717) is 5.57 Å². The molecule has 3 heteroatoms. The Morgan fingerprint density at radius 1 is 1.20 bits per heavy atom. The molecule has 0 fully saturated rings. The first-order valence-electron chi connectivity index (χ1n) is 4.63. The summed E-state index contributed by atoms with van der Waals surface area (Å²) in [7, 11) is 0. The summed E-state index contributed by atoms with van der Waals surface area (Å²) in [4.78, 5) is 21.1. The smallest absolute Gasteiger partial charge is 0.221 e. The van der Waals surface area contributed by atoms with Gasteiger partial charge in [-0.3, -0.25) is 9.59 Å². The van der Waals surface area contributed by atoms with Crippen LogP contribution in [0, 0.1) is 0 Å². The molecule has 15 heavy (non-hydrogen) atoms. The van der Waals surface area contributed by atoms with Gasteiger partial charge in [0.2, 0.25) is 5.91 Å². The summed E-state index contributed by atoms with van der Waals surface area (Å²) in [6.07, 6.45) is 2.59. The molecule has 3 nitrogen and oxygen atoms in total. The monoisotopic (exact) mass is 203 g/mol. The topological polar surface area (TPSA) is 46.2 Å². The van der Waals surface area contributed by atoms with Gasteiger partial charge in [0, 0.05) is 12.6 Å². The van der Waals surface area contributed by atoms with Gasteiger partial charge in [0.1, 0.15) is 6.29 Å². The summed E-state index contributed by atoms with van der Waals surface area (Å²) in [6, 6.07) is 7.28. The van der Waals surface area contributed by atoms with Crippen LogP contribution in [-0.4, -0.2) is 12.2 Å². The minimum absolute atomic E-state index is 0.0950. The minimum Gasteiger partial charge on any atom is -0.326 e. The molecular formula is C12H13NO2. The summed E-state index contributed by atoms with van der Waals surface area (Å²) in [6.45, 7) is 3.21. The molecule has 0 aromatic heterocycles. The van der Waals surface area contributed by atoms with Crippen molar-refractivity contribution < 1.29 is 9.59 Å². The Bertz CT molecular complexity index is 391. The lowest BCUT2D eigenvalue weighted by Crippen LogP contribution is -2.05. The summed E-state index contributed by atoms with van der Waals surface area (Å²) in [5.74, 6) is -0.0950. The van der Waals surface area contributed by atoms with Gasteiger partial charge in [-0.2, -0.15) is 0 Å². The van der Waals surface area contributed by atoms with E-state index < -0.39 is 0 Å². The number of benzene rings is 1. The average molecular weight is 203 g/mol. The SMILES string of the molecule is CC(=O)Nc1ccc(/C=C(\C)C=O)cc1. The first-order valence-corrected chi connectivity index (χ1v) is 4.63. The summed E-state index contributed by atoms with van der Waals surface area (Å²) in [5.41, 5.74) is 2.36. The fourth-order valence-electron chi connectivity index (χ4n) is 1.16. The van der Waals surface area contributed by atoms with Crippen LogP contribution in [0.1, 0.15) is 19.4 Å². The molecule has 1 amide bonds. The van der Waals surface area contributed by atoms with Gasteiger partial charge < -0.3 is 5.32 Å². The molecule has 0 bridgehead atoms. The number of hydrogen-bond donors (Lipinski definition) is 1. The molecule has 0 saturated carbocycles. The van der Waals surface area contributed by atoms with Crippen LogP contribution < -0.4 is 5.32 Å². The van der Waals surface area contributed by atoms with Gasteiger partial charge in [-0.15, -0.1) is 0 Å². The number of aldehydes is 1. The highest BCUT2D eigenvalue weighted by Crippen LogP contribution is 2.11. The number of carbonyl (C=O) groups excluding carboxylic acids is 2. The second-order valence-electron chi connectivity index (χ2n) is 3.31. The lowest BCUT2D eigenvalue weighted by molar-refractivity contribution is -0.114. The predicted molar refractivity (Wildman–Crippen MR) is 60.5 cm³/mol. The van der Waals surface area contributed by atoms with E-state index in [1.165, 1.54) is 6.92 Å². The number of rotatable bonds is 3. The lowest BCUT2D eigenvalue weighted by Gasteiger charge is -2.01. The quantitative estimate of drug-likeness (QED) is 0.605. The number of anilines is 1. The molecule has 0 unspecified atom stereocenters. The van der Waals surface area contributed by atoms with Gasteiger partial charge in [0.05, 0.1) is 0 Å². The maximum atomic E-state index is 10.8. The molecule has 78 valence electrons. The van der Waals surface area contributed by atoms with Gasteiger partial charge >= 0.3 is 0 Å². The second-order valence-corrected chi connectivity index (χ2v) is 3.31. The Hall–Kier alpha value is -1.90. The highest BCUT2D eigenvalue weighted by Gasteiger charge is 1.95. The Labute approximate surface area is 88.8 Å². The van der Waals surface area contributed by atoms with Crippen molar-refractivity contribution in [2.24, 2.45) is 0 Å². The van der Waals surface area contributed by atoms with Gasteiger partial charge in [0.25, 0.3) is 0 Å². The molecule has 0 atom stereocenters. The van der Waals surface area contributed by atoms with E-state index in [0.717, 1.165) is 17.5 Å². The lowest BCUT2D eigenvalue weighted by atomic mass is 10.1. The third-order valence-corrected chi connectivity index (χ3v) is 1.81. The van der Waals surface area contributed by atoms with Crippen LogP contribution in [0.25, 0.3) is 6.08 Å². The third kappa shape index (κ3) is 3.77. The molecule has 1 rings (SSSR count). The van der Waals surface area contributed by atoms with Crippen molar-refractivity contribution in [3.63, 3.8) is 0 Å². The fourth-order valence-corrected chi connectivity index (χ4v) is 1.16. The van der Waals surface area contributed by atoms with E-state index in [1.54, 1.807) is 25.1 Å². The van der Waals surface area contributed by atoms with Crippen molar-refractivity contribution in [2.75, 3.05) is 5.32 Å². The Kier molecular flexibility index (Phi) is 3.80. The normalized spacial score (nSPS) is 10.9. The van der Waals surface area contributed by atoms with Crippen LogP contribution in [-0.2, 0) is 9.59 Å². The van der Waals surface area contributed by atoms with E-state index in [1.807, 2.05) is 12.1 Å². The zero-order valence-corrected chi connectivity index (χ0v) is 8.78. The maximum Gasteiger partial charge on any atom is 0.221 e. The standard InChI is InChI=1S/C12H13NO2/c1-9(8-14)7-11-3-5-12(6-4-11)13-10(2)15/h3-8H,1-2H3,(H,13,15)/b9-7+. The van der Waals surface area contributed by atoms with Crippen molar-refractivity contribution in [1.82, 2.24) is 0 Å². The minimum atomic E-state index is -0.0950. The van der Waals surface area contributed by atoms with E-state index >= 15 is 0 Å². The van der Waals surface area contributed by atoms with E-state index in [2.05, 4.69) is 5.32 Å². The molecule has 0 spiro atoms. The number of hydrogen-bond acceptors (Lipinski definition) is 2. The summed E-state index contributed by atoms with van der Waals surface area (Å²) < 4.78 is 0. The van der Waals surface area contributed by atoms with E-state index in [9.17, 15) is 9.59 Å². The number of nitrogens with one attached hydrogen (secondary N) is 1. The van der Waals surface area contributed by atoms with Crippen LogP contribution in [0.15, 0.2) is 29.8 Å². The van der Waals surface area contributed by atoms with Gasteiger partial charge in [-0.05, 0) is 36.3 Å². The second kappa shape index (κ2) is 5.10. The molecule has 0 aliphatic carbocycles. The van der Waals surface area contributed by atoms with Crippen LogP contribution >= 0.6 is 0 Å². The largest absolute Gasteiger partial charge is 0.326 e. The van der Waals surface area contributed by atoms with Crippen LogP contribution in [0.5, 0.6) is 0 Å². The van der Waals surface area contributed by atoms with Crippen molar-refractivity contribution in [3.8, 4) is 0 Å². The molecule has 1 aromatic rings. The van der Waals surface area contributed by atoms with Crippen molar-refractivity contribution in [1.29, 1.82) is 0 Å². The van der Waals surface area contributed by atoms with Crippen molar-refractivity contribution >= 4 is 24.0 Å². The molecule has 0 heterocycles. The molecule has 1 aromatic carbocycles. The third-order valence-electron chi connectivity index (χ3n) is 1.81. The molecule has 0 saturated heterocycles. The zero-order valence-electron chi connectivity index (χ0n) is 8.78. The van der Waals surface area contributed by atoms with Gasteiger partial charge in [-0.25, -0.2) is 0 Å². The summed E-state index contributed by atoms with van der Waals surface area (Å²) >= 11 is 0.